The summed E-state index contributed by atoms with van der Waals surface area (Å²) in [5.74, 6) is 0.584. The van der Waals surface area contributed by atoms with Gasteiger partial charge in [-0.25, -0.2) is 0 Å². The molecular formula is C19H22N2O6. The van der Waals surface area contributed by atoms with Crippen LogP contribution in [0.4, 0.5) is 11.4 Å². The van der Waals surface area contributed by atoms with Gasteiger partial charge < -0.3 is 9.47 Å². The Hall–Kier alpha value is -3.16. The molecule has 0 amide bonds. The summed E-state index contributed by atoms with van der Waals surface area (Å²) in [7, 11) is 0. The number of nitro benzene ring substituents is 2. The van der Waals surface area contributed by atoms with Crippen LogP contribution in [0.2, 0.25) is 0 Å². The highest BCUT2D eigenvalue weighted by molar-refractivity contribution is 5.46. The SMILES string of the molecule is O=[N+]([O-])c1ccccc1OCCCCCCCOc1ccccc1[N+](=O)[O-]. The van der Waals surface area contributed by atoms with Crippen molar-refractivity contribution in [2.45, 2.75) is 32.1 Å². The molecule has 27 heavy (non-hydrogen) atoms. The molecule has 0 aliphatic heterocycles. The number of nitrogens with zero attached hydrogens (tertiary/aromatic N) is 2. The number of para-hydroxylation sites is 4. The maximum atomic E-state index is 10.9. The van der Waals surface area contributed by atoms with Gasteiger partial charge in [0.2, 0.25) is 0 Å². The Morgan fingerprint density at radius 3 is 1.41 bits per heavy atom. The minimum atomic E-state index is -0.452. The molecule has 2 aromatic rings. The number of ether oxygens (including phenoxy) is 2. The van der Waals surface area contributed by atoms with Crippen LogP contribution in [0.5, 0.6) is 11.5 Å². The maximum Gasteiger partial charge on any atom is 0.310 e. The fraction of sp³-hybridized carbons (Fsp3) is 0.368. The molecule has 144 valence electrons. The molecule has 8 nitrogen and oxygen atoms in total. The van der Waals surface area contributed by atoms with Gasteiger partial charge in [-0.05, 0) is 25.0 Å². The topological polar surface area (TPSA) is 105 Å². The number of benzene rings is 2. The Bertz CT molecular complexity index is 702. The lowest BCUT2D eigenvalue weighted by Crippen LogP contribution is -2.01. The third kappa shape index (κ3) is 6.58. The van der Waals surface area contributed by atoms with E-state index in [4.69, 9.17) is 9.47 Å². The first-order valence-electron chi connectivity index (χ1n) is 8.82. The van der Waals surface area contributed by atoms with Gasteiger partial charge in [0, 0.05) is 12.1 Å². The molecule has 0 atom stereocenters. The number of hydrogen-bond acceptors (Lipinski definition) is 6. The van der Waals surface area contributed by atoms with Crippen LogP contribution in [0.3, 0.4) is 0 Å². The van der Waals surface area contributed by atoms with Gasteiger partial charge in [0.15, 0.2) is 11.5 Å². The third-order valence-corrected chi connectivity index (χ3v) is 3.93. The molecule has 0 radical (unpaired) electrons. The Kier molecular flexibility index (Phi) is 8.02. The van der Waals surface area contributed by atoms with Crippen LogP contribution in [0.15, 0.2) is 48.5 Å². The largest absolute Gasteiger partial charge is 0.487 e. The van der Waals surface area contributed by atoms with E-state index in [9.17, 15) is 20.2 Å². The minimum absolute atomic E-state index is 0.0235. The van der Waals surface area contributed by atoms with E-state index < -0.39 is 9.85 Å². The van der Waals surface area contributed by atoms with Crippen LogP contribution in [-0.4, -0.2) is 23.1 Å². The smallest absolute Gasteiger partial charge is 0.310 e. The van der Waals surface area contributed by atoms with Crippen molar-refractivity contribution in [2.75, 3.05) is 13.2 Å². The van der Waals surface area contributed by atoms with Crippen molar-refractivity contribution in [2.24, 2.45) is 0 Å². The molecule has 0 bridgehead atoms. The van der Waals surface area contributed by atoms with Crippen LogP contribution in [0, 0.1) is 20.2 Å². The van der Waals surface area contributed by atoms with E-state index in [1.54, 1.807) is 36.4 Å². The van der Waals surface area contributed by atoms with Crippen molar-refractivity contribution >= 4 is 11.4 Å². The van der Waals surface area contributed by atoms with Crippen LogP contribution >= 0.6 is 0 Å². The lowest BCUT2D eigenvalue weighted by Gasteiger charge is -2.07. The van der Waals surface area contributed by atoms with Gasteiger partial charge in [0.25, 0.3) is 0 Å². The number of rotatable bonds is 12. The van der Waals surface area contributed by atoms with Gasteiger partial charge in [-0.15, -0.1) is 0 Å². The predicted octanol–water partition coefficient (Wildman–Crippen LogP) is 4.91. The highest BCUT2D eigenvalue weighted by atomic mass is 16.6. The van der Waals surface area contributed by atoms with Crippen LogP contribution < -0.4 is 9.47 Å². The van der Waals surface area contributed by atoms with E-state index in [1.165, 1.54) is 12.1 Å². The molecule has 0 N–H and O–H groups in total. The Labute approximate surface area is 157 Å². The van der Waals surface area contributed by atoms with Crippen molar-refractivity contribution in [3.8, 4) is 11.5 Å². The second-order valence-electron chi connectivity index (χ2n) is 5.91. The molecule has 0 fully saturated rings. The van der Waals surface area contributed by atoms with Crippen molar-refractivity contribution in [1.82, 2.24) is 0 Å². The average Bonchev–Trinajstić information content (AvgIpc) is 2.67. The second-order valence-corrected chi connectivity index (χ2v) is 5.91. The molecule has 0 saturated carbocycles. The Morgan fingerprint density at radius 2 is 1.00 bits per heavy atom. The van der Waals surface area contributed by atoms with E-state index in [2.05, 4.69) is 0 Å². The zero-order valence-electron chi connectivity index (χ0n) is 14.9. The average molecular weight is 374 g/mol. The van der Waals surface area contributed by atoms with E-state index in [-0.39, 0.29) is 11.4 Å². The van der Waals surface area contributed by atoms with Crippen LogP contribution in [-0.2, 0) is 0 Å². The summed E-state index contributed by atoms with van der Waals surface area (Å²) in [6, 6.07) is 12.7. The van der Waals surface area contributed by atoms with Gasteiger partial charge >= 0.3 is 11.4 Å². The molecule has 0 aliphatic carbocycles. The maximum absolute atomic E-state index is 10.9. The highest BCUT2D eigenvalue weighted by Crippen LogP contribution is 2.27. The zero-order chi connectivity index (χ0) is 19.5. The standard InChI is InChI=1S/C19H22N2O6/c22-20(23)16-10-4-6-12-18(16)26-14-8-2-1-3-9-15-27-19-13-7-5-11-17(19)21(24)25/h4-7,10-13H,1-3,8-9,14-15H2. The molecule has 0 aliphatic rings. The molecule has 0 aromatic heterocycles. The van der Waals surface area contributed by atoms with Gasteiger partial charge in [-0.2, -0.15) is 0 Å². The Balaban J connectivity index is 1.57. The molecule has 0 unspecified atom stereocenters. The molecule has 0 heterocycles. The number of unbranched alkanes of at least 4 members (excludes halogenated alkanes) is 4. The van der Waals surface area contributed by atoms with Gasteiger partial charge in [-0.1, -0.05) is 43.5 Å². The summed E-state index contributed by atoms with van der Waals surface area (Å²) in [6.07, 6.45) is 4.45. The normalized spacial score (nSPS) is 10.4. The summed E-state index contributed by atoms with van der Waals surface area (Å²) >= 11 is 0. The zero-order valence-corrected chi connectivity index (χ0v) is 14.9. The first-order chi connectivity index (χ1) is 13.1. The quantitative estimate of drug-likeness (QED) is 0.297. The van der Waals surface area contributed by atoms with E-state index >= 15 is 0 Å². The van der Waals surface area contributed by atoms with Gasteiger partial charge in [-0.3, -0.25) is 20.2 Å². The van der Waals surface area contributed by atoms with Crippen LogP contribution in [0.25, 0.3) is 0 Å². The van der Waals surface area contributed by atoms with Crippen molar-refractivity contribution in [3.05, 3.63) is 68.8 Å². The minimum Gasteiger partial charge on any atom is -0.487 e. The molecule has 2 aromatic carbocycles. The number of hydrogen-bond donors (Lipinski definition) is 0. The van der Waals surface area contributed by atoms with Gasteiger partial charge in [0.1, 0.15) is 0 Å². The van der Waals surface area contributed by atoms with Gasteiger partial charge in [0.05, 0.1) is 23.1 Å². The van der Waals surface area contributed by atoms with E-state index in [0.29, 0.717) is 24.7 Å². The first-order valence-corrected chi connectivity index (χ1v) is 8.82. The fourth-order valence-electron chi connectivity index (χ4n) is 2.56. The second kappa shape index (κ2) is 10.7. The molecule has 0 saturated heterocycles. The molecule has 2 rings (SSSR count). The molecular weight excluding hydrogens is 352 g/mol. The highest BCUT2D eigenvalue weighted by Gasteiger charge is 2.14. The van der Waals surface area contributed by atoms with E-state index in [1.807, 2.05) is 0 Å². The van der Waals surface area contributed by atoms with Crippen LogP contribution in [0.1, 0.15) is 32.1 Å². The third-order valence-electron chi connectivity index (χ3n) is 3.93. The number of nitro groups is 2. The lowest BCUT2D eigenvalue weighted by atomic mass is 10.1. The first kappa shape index (κ1) is 20.2. The molecule has 0 spiro atoms. The fourth-order valence-corrected chi connectivity index (χ4v) is 2.56. The van der Waals surface area contributed by atoms with E-state index in [0.717, 1.165) is 32.1 Å². The lowest BCUT2D eigenvalue weighted by molar-refractivity contribution is -0.386. The summed E-state index contributed by atoms with van der Waals surface area (Å²) in [4.78, 5) is 20.9. The molecule has 8 heteroatoms. The Morgan fingerprint density at radius 1 is 0.630 bits per heavy atom. The summed E-state index contributed by atoms with van der Waals surface area (Å²) in [6.45, 7) is 0.856. The predicted molar refractivity (Wildman–Crippen MR) is 100 cm³/mol. The van der Waals surface area contributed by atoms with Crippen molar-refractivity contribution < 1.29 is 19.3 Å². The summed E-state index contributed by atoms with van der Waals surface area (Å²) < 4.78 is 11.0. The summed E-state index contributed by atoms with van der Waals surface area (Å²) in [5, 5.41) is 21.8. The van der Waals surface area contributed by atoms with Crippen molar-refractivity contribution in [1.29, 1.82) is 0 Å². The van der Waals surface area contributed by atoms with Crippen molar-refractivity contribution in [3.63, 3.8) is 0 Å². The summed E-state index contributed by atoms with van der Waals surface area (Å²) in [5.41, 5.74) is -0.0469. The monoisotopic (exact) mass is 374 g/mol.